The molecule has 3 N–H and O–H groups in total. The van der Waals surface area contributed by atoms with Crippen molar-refractivity contribution in [3.8, 4) is 0 Å². The van der Waals surface area contributed by atoms with Gasteiger partial charge >= 0.3 is 0 Å². The van der Waals surface area contributed by atoms with Crippen LogP contribution in [0.5, 0.6) is 0 Å². The lowest BCUT2D eigenvalue weighted by Gasteiger charge is -2.25. The first kappa shape index (κ1) is 14.6. The van der Waals surface area contributed by atoms with Crippen LogP contribution in [0, 0.1) is 18.2 Å². The summed E-state index contributed by atoms with van der Waals surface area (Å²) >= 11 is 4.90. The number of anilines is 1. The van der Waals surface area contributed by atoms with Gasteiger partial charge in [-0.2, -0.15) is 0 Å². The van der Waals surface area contributed by atoms with Crippen LogP contribution in [0.25, 0.3) is 0 Å². The van der Waals surface area contributed by atoms with E-state index in [0.29, 0.717) is 6.42 Å². The van der Waals surface area contributed by atoms with Crippen LogP contribution < -0.4 is 11.1 Å². The number of carbonyl (C=O) groups excluding carboxylic acids is 1. The zero-order valence-electron chi connectivity index (χ0n) is 10.7. The van der Waals surface area contributed by atoms with E-state index in [-0.39, 0.29) is 16.6 Å². The minimum Gasteiger partial charge on any atom is -0.392 e. The van der Waals surface area contributed by atoms with Crippen molar-refractivity contribution in [2.75, 3.05) is 5.32 Å². The molecule has 0 aliphatic rings. The van der Waals surface area contributed by atoms with Crippen molar-refractivity contribution >= 4 is 28.8 Å². The summed E-state index contributed by atoms with van der Waals surface area (Å²) < 4.78 is 13.6. The van der Waals surface area contributed by atoms with Gasteiger partial charge in [0.25, 0.3) is 0 Å². The molecule has 1 aromatic rings. The Morgan fingerprint density at radius 1 is 1.56 bits per heavy atom. The van der Waals surface area contributed by atoms with Gasteiger partial charge in [0.15, 0.2) is 0 Å². The number of amides is 1. The minimum absolute atomic E-state index is 0.106. The number of carbonyl (C=O) groups is 1. The molecule has 18 heavy (non-hydrogen) atoms. The van der Waals surface area contributed by atoms with Gasteiger partial charge in [-0.15, -0.1) is 0 Å². The van der Waals surface area contributed by atoms with Crippen LogP contribution in [0.1, 0.15) is 25.8 Å². The zero-order valence-corrected chi connectivity index (χ0v) is 11.5. The van der Waals surface area contributed by atoms with E-state index in [1.54, 1.807) is 19.9 Å². The molecule has 0 bridgehead atoms. The van der Waals surface area contributed by atoms with Crippen molar-refractivity contribution < 1.29 is 9.18 Å². The van der Waals surface area contributed by atoms with Crippen LogP contribution in [0.15, 0.2) is 18.2 Å². The summed E-state index contributed by atoms with van der Waals surface area (Å²) in [7, 11) is 0. The van der Waals surface area contributed by atoms with Gasteiger partial charge in [0.1, 0.15) is 5.82 Å². The monoisotopic (exact) mass is 268 g/mol. The fourth-order valence-corrected chi connectivity index (χ4v) is 1.67. The number of hydrogen-bond donors (Lipinski definition) is 2. The normalized spacial score (nSPS) is 13.8. The van der Waals surface area contributed by atoms with Gasteiger partial charge in [-0.05, 0) is 38.0 Å². The lowest BCUT2D eigenvalue weighted by molar-refractivity contribution is -0.121. The maximum Gasteiger partial charge on any atom is 0.237 e. The standard InChI is InChI=1S/C13H17FN2OS/c1-4-13(3,11(15)18)12(17)16-10-6-5-8(2)7-9(10)14/h5-7H,4H2,1-3H3,(H2,15,18)(H,16,17). The van der Waals surface area contributed by atoms with Crippen molar-refractivity contribution in [3.63, 3.8) is 0 Å². The second-order valence-electron chi connectivity index (χ2n) is 4.49. The zero-order chi connectivity index (χ0) is 13.9. The number of benzene rings is 1. The molecule has 1 atom stereocenters. The smallest absolute Gasteiger partial charge is 0.237 e. The highest BCUT2D eigenvalue weighted by atomic mass is 32.1. The molecule has 0 aliphatic heterocycles. The maximum atomic E-state index is 13.6. The van der Waals surface area contributed by atoms with E-state index >= 15 is 0 Å². The molecule has 0 aromatic heterocycles. The minimum atomic E-state index is -0.966. The molecule has 0 fully saturated rings. The van der Waals surface area contributed by atoms with Gasteiger partial charge < -0.3 is 11.1 Å². The Morgan fingerprint density at radius 2 is 2.17 bits per heavy atom. The van der Waals surface area contributed by atoms with Gasteiger partial charge in [-0.25, -0.2) is 4.39 Å². The SMILES string of the molecule is CCC(C)(C(=O)Nc1ccc(C)cc1F)C(N)=S. The highest BCUT2D eigenvalue weighted by Crippen LogP contribution is 2.25. The van der Waals surface area contributed by atoms with Gasteiger partial charge in [-0.1, -0.05) is 25.2 Å². The summed E-state index contributed by atoms with van der Waals surface area (Å²) in [6.07, 6.45) is 0.460. The Balaban J connectivity index is 2.97. The Hall–Kier alpha value is -1.49. The molecule has 3 nitrogen and oxygen atoms in total. The van der Waals surface area contributed by atoms with E-state index in [1.807, 2.05) is 6.92 Å². The second kappa shape index (κ2) is 5.44. The van der Waals surface area contributed by atoms with Crippen LogP contribution in [0.4, 0.5) is 10.1 Å². The van der Waals surface area contributed by atoms with Crippen molar-refractivity contribution in [1.29, 1.82) is 0 Å². The summed E-state index contributed by atoms with van der Waals surface area (Å²) in [5.41, 5.74) is 5.54. The maximum absolute atomic E-state index is 13.6. The van der Waals surface area contributed by atoms with E-state index in [0.717, 1.165) is 5.56 Å². The average Bonchev–Trinajstić information content (AvgIpc) is 2.31. The highest BCUT2D eigenvalue weighted by Gasteiger charge is 2.34. The summed E-state index contributed by atoms with van der Waals surface area (Å²) in [6.45, 7) is 5.24. The van der Waals surface area contributed by atoms with Crippen LogP contribution >= 0.6 is 12.2 Å². The number of thiocarbonyl (C=S) groups is 1. The third-order valence-electron chi connectivity index (χ3n) is 3.12. The van der Waals surface area contributed by atoms with E-state index in [9.17, 15) is 9.18 Å². The number of aryl methyl sites for hydroxylation is 1. The molecule has 0 saturated carbocycles. The summed E-state index contributed by atoms with van der Waals surface area (Å²) in [5, 5.41) is 2.53. The first-order chi connectivity index (χ1) is 8.31. The van der Waals surface area contributed by atoms with Crippen molar-refractivity contribution in [1.82, 2.24) is 0 Å². The lowest BCUT2D eigenvalue weighted by Crippen LogP contribution is -2.43. The second-order valence-corrected chi connectivity index (χ2v) is 4.93. The van der Waals surface area contributed by atoms with E-state index < -0.39 is 11.2 Å². The molecule has 0 aliphatic carbocycles. The molecule has 1 aromatic carbocycles. The van der Waals surface area contributed by atoms with E-state index in [2.05, 4.69) is 5.32 Å². The fraction of sp³-hybridized carbons (Fsp3) is 0.385. The lowest BCUT2D eigenvalue weighted by atomic mass is 9.86. The molecule has 0 radical (unpaired) electrons. The third-order valence-corrected chi connectivity index (χ3v) is 3.58. The van der Waals surface area contributed by atoms with Crippen molar-refractivity contribution in [2.45, 2.75) is 27.2 Å². The fourth-order valence-electron chi connectivity index (χ4n) is 1.43. The van der Waals surface area contributed by atoms with Gasteiger partial charge in [0.2, 0.25) is 5.91 Å². The third kappa shape index (κ3) is 2.85. The highest BCUT2D eigenvalue weighted by molar-refractivity contribution is 7.80. The molecule has 0 heterocycles. The molecule has 0 spiro atoms. The van der Waals surface area contributed by atoms with E-state index in [1.165, 1.54) is 12.1 Å². The van der Waals surface area contributed by atoms with Crippen LogP contribution in [0.3, 0.4) is 0 Å². The van der Waals surface area contributed by atoms with Crippen LogP contribution in [0.2, 0.25) is 0 Å². The predicted octanol–water partition coefficient (Wildman–Crippen LogP) is 2.78. The van der Waals surface area contributed by atoms with Crippen LogP contribution in [-0.2, 0) is 4.79 Å². The first-order valence-electron chi connectivity index (χ1n) is 5.68. The van der Waals surface area contributed by atoms with Crippen molar-refractivity contribution in [2.24, 2.45) is 11.1 Å². The summed E-state index contributed by atoms with van der Waals surface area (Å²) in [6, 6.07) is 4.61. The summed E-state index contributed by atoms with van der Waals surface area (Å²) in [4.78, 5) is 12.2. The van der Waals surface area contributed by atoms with Crippen LogP contribution in [-0.4, -0.2) is 10.9 Å². The number of nitrogens with one attached hydrogen (secondary N) is 1. The largest absolute Gasteiger partial charge is 0.392 e. The number of nitrogens with two attached hydrogens (primary N) is 1. The van der Waals surface area contributed by atoms with E-state index in [4.69, 9.17) is 18.0 Å². The van der Waals surface area contributed by atoms with Gasteiger partial charge in [0.05, 0.1) is 16.1 Å². The molecule has 0 saturated heterocycles. The predicted molar refractivity (Wildman–Crippen MR) is 75.0 cm³/mol. The Morgan fingerprint density at radius 3 is 2.61 bits per heavy atom. The molecular formula is C13H17FN2OS. The molecule has 1 rings (SSSR count). The Bertz CT molecular complexity index is 490. The molecule has 1 unspecified atom stereocenters. The average molecular weight is 268 g/mol. The van der Waals surface area contributed by atoms with Gasteiger partial charge in [-0.3, -0.25) is 4.79 Å². The quantitative estimate of drug-likeness (QED) is 0.826. The number of rotatable bonds is 4. The number of hydrogen-bond acceptors (Lipinski definition) is 2. The molecular weight excluding hydrogens is 251 g/mol. The molecule has 5 heteroatoms. The molecule has 1 amide bonds. The molecule has 98 valence electrons. The topological polar surface area (TPSA) is 55.1 Å². The Labute approximate surface area is 112 Å². The van der Waals surface area contributed by atoms with Gasteiger partial charge in [0, 0.05) is 0 Å². The number of halogens is 1. The summed E-state index contributed by atoms with van der Waals surface area (Å²) in [5.74, 6) is -0.856. The Kier molecular flexibility index (Phi) is 4.40. The van der Waals surface area contributed by atoms with Crippen molar-refractivity contribution in [3.05, 3.63) is 29.6 Å². The first-order valence-corrected chi connectivity index (χ1v) is 6.09.